The molecule has 1 rings (SSSR count). The molecule has 1 aromatic rings. The van der Waals surface area contributed by atoms with Crippen molar-refractivity contribution in [3.05, 3.63) is 34.3 Å². The average Bonchev–Trinajstić information content (AvgIpc) is 2.32. The molecule has 0 saturated heterocycles. The Labute approximate surface area is 113 Å². The minimum atomic E-state index is -0.160. The Morgan fingerprint density at radius 1 is 1.50 bits per heavy atom. The Hall–Kier alpha value is -1.06. The third-order valence-electron chi connectivity index (χ3n) is 2.84. The van der Waals surface area contributed by atoms with Crippen LogP contribution in [0.1, 0.15) is 43.4 Å². The first-order valence-corrected chi connectivity index (χ1v) is 6.59. The summed E-state index contributed by atoms with van der Waals surface area (Å²) < 4.78 is 4.87. The van der Waals surface area contributed by atoms with Crippen LogP contribution in [0.2, 0.25) is 5.02 Å². The van der Waals surface area contributed by atoms with Crippen LogP contribution in [-0.2, 0) is 9.53 Å². The number of ether oxygens (including phenoxy) is 1. The fourth-order valence-corrected chi connectivity index (χ4v) is 2.05. The fraction of sp³-hybridized carbons (Fsp3) is 0.500. The molecule has 100 valence electrons. The summed E-state index contributed by atoms with van der Waals surface area (Å²) in [6.07, 6.45) is 1.90. The van der Waals surface area contributed by atoms with Gasteiger partial charge in [-0.3, -0.25) is 4.79 Å². The summed E-state index contributed by atoms with van der Waals surface area (Å²) in [6.45, 7) is 4.24. The van der Waals surface area contributed by atoms with Crippen molar-refractivity contribution < 1.29 is 9.53 Å². The van der Waals surface area contributed by atoms with E-state index in [4.69, 9.17) is 22.1 Å². The van der Waals surface area contributed by atoms with E-state index in [0.29, 0.717) is 18.1 Å². The summed E-state index contributed by atoms with van der Waals surface area (Å²) >= 11 is 5.96. The molecular weight excluding hydrogens is 250 g/mol. The number of aryl methyl sites for hydroxylation is 1. The summed E-state index contributed by atoms with van der Waals surface area (Å²) in [5.74, 6) is -0.160. The number of halogens is 1. The van der Waals surface area contributed by atoms with Gasteiger partial charge in [0.05, 0.1) is 6.61 Å². The van der Waals surface area contributed by atoms with Gasteiger partial charge in [0.2, 0.25) is 0 Å². The molecule has 18 heavy (non-hydrogen) atoms. The van der Waals surface area contributed by atoms with Crippen molar-refractivity contribution in [2.75, 3.05) is 6.61 Å². The molecule has 0 aromatic heterocycles. The number of carbonyl (C=O) groups is 1. The van der Waals surface area contributed by atoms with Gasteiger partial charge in [-0.1, -0.05) is 17.7 Å². The molecule has 0 saturated carbocycles. The molecule has 0 fully saturated rings. The molecule has 0 aliphatic rings. The number of esters is 1. The Morgan fingerprint density at radius 2 is 2.22 bits per heavy atom. The van der Waals surface area contributed by atoms with Gasteiger partial charge in [0.25, 0.3) is 0 Å². The van der Waals surface area contributed by atoms with E-state index < -0.39 is 0 Å². The predicted molar refractivity (Wildman–Crippen MR) is 73.6 cm³/mol. The molecule has 0 bridgehead atoms. The zero-order valence-corrected chi connectivity index (χ0v) is 11.7. The number of rotatable bonds is 6. The van der Waals surface area contributed by atoms with Gasteiger partial charge in [-0.25, -0.2) is 0 Å². The van der Waals surface area contributed by atoms with Crippen LogP contribution in [0, 0.1) is 6.92 Å². The first-order valence-electron chi connectivity index (χ1n) is 6.21. The Balaban J connectivity index is 2.47. The number of hydrogen-bond donors (Lipinski definition) is 1. The summed E-state index contributed by atoms with van der Waals surface area (Å²) in [5.41, 5.74) is 8.29. The van der Waals surface area contributed by atoms with Crippen molar-refractivity contribution in [2.45, 2.75) is 39.2 Å². The van der Waals surface area contributed by atoms with Crippen molar-refractivity contribution in [1.29, 1.82) is 0 Å². The molecule has 1 atom stereocenters. The Kier molecular flexibility index (Phi) is 6.16. The largest absolute Gasteiger partial charge is 0.466 e. The number of hydrogen-bond acceptors (Lipinski definition) is 3. The molecule has 3 nitrogen and oxygen atoms in total. The van der Waals surface area contributed by atoms with Crippen molar-refractivity contribution in [1.82, 2.24) is 0 Å². The van der Waals surface area contributed by atoms with Crippen LogP contribution in [0.3, 0.4) is 0 Å². The molecule has 0 spiro atoms. The second-order valence-corrected chi connectivity index (χ2v) is 4.74. The van der Waals surface area contributed by atoms with Crippen LogP contribution in [0.4, 0.5) is 0 Å². The third-order valence-corrected chi connectivity index (χ3v) is 3.08. The van der Waals surface area contributed by atoms with E-state index in [2.05, 4.69) is 0 Å². The molecule has 2 N–H and O–H groups in total. The van der Waals surface area contributed by atoms with Crippen molar-refractivity contribution >= 4 is 17.6 Å². The van der Waals surface area contributed by atoms with Crippen LogP contribution in [-0.4, -0.2) is 12.6 Å². The second-order valence-electron chi connectivity index (χ2n) is 4.30. The van der Waals surface area contributed by atoms with Gasteiger partial charge in [-0.2, -0.15) is 0 Å². The lowest BCUT2D eigenvalue weighted by molar-refractivity contribution is -0.143. The molecule has 1 unspecified atom stereocenters. The summed E-state index contributed by atoms with van der Waals surface area (Å²) in [7, 11) is 0. The lowest BCUT2D eigenvalue weighted by Crippen LogP contribution is -2.13. The molecule has 1 aromatic carbocycles. The van der Waals surface area contributed by atoms with Gasteiger partial charge in [-0.05, 0) is 49.9 Å². The van der Waals surface area contributed by atoms with Crippen molar-refractivity contribution in [2.24, 2.45) is 5.73 Å². The third kappa shape index (κ3) is 4.67. The molecule has 0 radical (unpaired) electrons. The smallest absolute Gasteiger partial charge is 0.305 e. The maximum atomic E-state index is 11.2. The summed E-state index contributed by atoms with van der Waals surface area (Å²) in [5, 5.41) is 0.691. The molecule has 0 aliphatic heterocycles. The van der Waals surface area contributed by atoms with E-state index in [-0.39, 0.29) is 12.0 Å². The highest BCUT2D eigenvalue weighted by molar-refractivity contribution is 6.30. The van der Waals surface area contributed by atoms with E-state index in [1.165, 1.54) is 0 Å². The first kappa shape index (κ1) is 15.0. The van der Waals surface area contributed by atoms with Gasteiger partial charge in [-0.15, -0.1) is 0 Å². The quantitative estimate of drug-likeness (QED) is 0.806. The van der Waals surface area contributed by atoms with Gasteiger partial charge in [0.15, 0.2) is 0 Å². The normalized spacial score (nSPS) is 12.2. The van der Waals surface area contributed by atoms with Gasteiger partial charge in [0.1, 0.15) is 0 Å². The van der Waals surface area contributed by atoms with E-state index >= 15 is 0 Å². The first-order chi connectivity index (χ1) is 8.54. The Bertz CT molecular complexity index is 407. The lowest BCUT2D eigenvalue weighted by Gasteiger charge is -2.14. The Morgan fingerprint density at radius 3 is 2.89 bits per heavy atom. The topological polar surface area (TPSA) is 52.3 Å². The second kappa shape index (κ2) is 7.39. The zero-order chi connectivity index (χ0) is 13.5. The molecule has 4 heteroatoms. The van der Waals surface area contributed by atoms with Crippen LogP contribution >= 0.6 is 11.6 Å². The predicted octanol–water partition coefficient (Wildman–Crippen LogP) is 3.38. The number of nitrogens with two attached hydrogens (primary N) is 1. The van der Waals surface area contributed by atoms with Gasteiger partial charge < -0.3 is 10.5 Å². The van der Waals surface area contributed by atoms with E-state index in [9.17, 15) is 4.79 Å². The maximum absolute atomic E-state index is 11.2. The summed E-state index contributed by atoms with van der Waals surface area (Å²) in [6, 6.07) is 5.62. The number of benzene rings is 1. The van der Waals surface area contributed by atoms with E-state index in [0.717, 1.165) is 24.0 Å². The zero-order valence-electron chi connectivity index (χ0n) is 10.9. The van der Waals surface area contributed by atoms with E-state index in [1.807, 2.05) is 25.1 Å². The standard InChI is InChI=1S/C14H20ClNO2/c1-3-18-14(17)6-4-5-13(16)12-9-11(15)8-7-10(12)2/h7-9,13H,3-6,16H2,1-2H3. The highest BCUT2D eigenvalue weighted by Gasteiger charge is 2.11. The fourth-order valence-electron chi connectivity index (χ4n) is 1.87. The molecule has 0 aliphatic carbocycles. The molecular formula is C14H20ClNO2. The average molecular weight is 270 g/mol. The highest BCUT2D eigenvalue weighted by Crippen LogP contribution is 2.23. The molecule has 0 heterocycles. The highest BCUT2D eigenvalue weighted by atomic mass is 35.5. The van der Waals surface area contributed by atoms with Gasteiger partial charge in [0, 0.05) is 17.5 Å². The van der Waals surface area contributed by atoms with Crippen molar-refractivity contribution in [3.8, 4) is 0 Å². The monoisotopic (exact) mass is 269 g/mol. The van der Waals surface area contributed by atoms with Gasteiger partial charge >= 0.3 is 5.97 Å². The minimum absolute atomic E-state index is 0.0851. The van der Waals surface area contributed by atoms with Crippen LogP contribution < -0.4 is 5.73 Å². The van der Waals surface area contributed by atoms with Crippen LogP contribution in [0.5, 0.6) is 0 Å². The maximum Gasteiger partial charge on any atom is 0.305 e. The SMILES string of the molecule is CCOC(=O)CCCC(N)c1cc(Cl)ccc1C. The summed E-state index contributed by atoms with van der Waals surface area (Å²) in [4.78, 5) is 11.2. The number of carbonyl (C=O) groups excluding carboxylic acids is 1. The lowest BCUT2D eigenvalue weighted by atomic mass is 9.98. The van der Waals surface area contributed by atoms with Crippen LogP contribution in [0.15, 0.2) is 18.2 Å². The van der Waals surface area contributed by atoms with E-state index in [1.54, 1.807) is 6.92 Å². The van der Waals surface area contributed by atoms with Crippen molar-refractivity contribution in [3.63, 3.8) is 0 Å². The minimum Gasteiger partial charge on any atom is -0.466 e. The van der Waals surface area contributed by atoms with Crippen LogP contribution in [0.25, 0.3) is 0 Å². The molecule has 0 amide bonds.